The lowest BCUT2D eigenvalue weighted by Crippen LogP contribution is -2.33. The topological polar surface area (TPSA) is 49.0 Å². The second-order valence-electron chi connectivity index (χ2n) is 6.14. The van der Waals surface area contributed by atoms with Crippen LogP contribution in [0.15, 0.2) is 58.5 Å². The third-order valence-electron chi connectivity index (χ3n) is 4.21. The van der Waals surface area contributed by atoms with Crippen molar-refractivity contribution in [2.75, 3.05) is 5.75 Å². The number of thioether (sulfide) groups is 1. The van der Waals surface area contributed by atoms with Gasteiger partial charge in [-0.25, -0.2) is 4.98 Å². The molecule has 1 saturated carbocycles. The van der Waals surface area contributed by atoms with Crippen LogP contribution in [0.1, 0.15) is 18.4 Å². The number of carbonyl (C=O) groups excluding carboxylic acids is 1. The van der Waals surface area contributed by atoms with Gasteiger partial charge in [-0.1, -0.05) is 42.1 Å². The molecule has 1 aliphatic rings. The molecule has 25 heavy (non-hydrogen) atoms. The molecule has 3 aromatic rings. The maximum atomic E-state index is 12.7. The van der Waals surface area contributed by atoms with E-state index in [0.29, 0.717) is 11.8 Å². The number of imidazole rings is 1. The van der Waals surface area contributed by atoms with Crippen molar-refractivity contribution < 1.29 is 4.79 Å². The molecule has 1 aromatic carbocycles. The highest BCUT2D eigenvalue weighted by molar-refractivity contribution is 7.99. The second-order valence-corrected chi connectivity index (χ2v) is 7.89. The van der Waals surface area contributed by atoms with Crippen LogP contribution in [0.2, 0.25) is 0 Å². The minimum atomic E-state index is 0.191. The molecule has 4 rings (SSSR count). The quantitative estimate of drug-likeness (QED) is 0.627. The Morgan fingerprint density at radius 1 is 1.28 bits per heavy atom. The number of hydrogen-bond donors (Lipinski definition) is 1. The molecule has 4 nitrogen and oxygen atoms in total. The Balaban J connectivity index is 1.37. The molecule has 128 valence electrons. The van der Waals surface area contributed by atoms with Gasteiger partial charge >= 0.3 is 0 Å². The summed E-state index contributed by atoms with van der Waals surface area (Å²) in [5.41, 5.74) is 3.30. The molecule has 1 N–H and O–H groups in total. The lowest BCUT2D eigenvalue weighted by Gasteiger charge is -2.21. The van der Waals surface area contributed by atoms with Crippen molar-refractivity contribution in [3.8, 4) is 11.3 Å². The monoisotopic (exact) mass is 369 g/mol. The van der Waals surface area contributed by atoms with Crippen molar-refractivity contribution >= 4 is 29.0 Å². The molecular formula is C19H19N3OS2. The molecule has 0 spiro atoms. The lowest BCUT2D eigenvalue weighted by molar-refractivity contribution is -0.129. The van der Waals surface area contributed by atoms with Crippen molar-refractivity contribution in [3.63, 3.8) is 0 Å². The first kappa shape index (κ1) is 16.4. The van der Waals surface area contributed by atoms with E-state index >= 15 is 0 Å². The number of aromatic amines is 1. The first-order valence-corrected chi connectivity index (χ1v) is 10.3. The lowest BCUT2D eigenvalue weighted by atomic mass is 10.2. The molecule has 1 fully saturated rings. The number of aromatic nitrogens is 2. The smallest absolute Gasteiger partial charge is 0.233 e. The second kappa shape index (κ2) is 7.45. The van der Waals surface area contributed by atoms with Gasteiger partial charge in [-0.3, -0.25) is 4.79 Å². The standard InChI is InChI=1S/C19H19N3OS2/c23-18(22(16-6-7-16)11-14-8-9-24-12-14)13-25-19-20-10-17(21-19)15-4-2-1-3-5-15/h1-5,8-10,12,16H,6-7,11,13H2,(H,20,21). The van der Waals surface area contributed by atoms with Gasteiger partial charge in [0, 0.05) is 12.6 Å². The van der Waals surface area contributed by atoms with Gasteiger partial charge in [0.1, 0.15) is 0 Å². The van der Waals surface area contributed by atoms with Crippen molar-refractivity contribution in [1.82, 2.24) is 14.9 Å². The number of H-pyrrole nitrogens is 1. The Morgan fingerprint density at radius 3 is 2.84 bits per heavy atom. The first-order chi connectivity index (χ1) is 12.3. The van der Waals surface area contributed by atoms with Crippen LogP contribution in [0.5, 0.6) is 0 Å². The third kappa shape index (κ3) is 4.14. The highest BCUT2D eigenvalue weighted by Gasteiger charge is 2.32. The largest absolute Gasteiger partial charge is 0.335 e. The Kier molecular flexibility index (Phi) is 4.90. The van der Waals surface area contributed by atoms with Crippen molar-refractivity contribution in [1.29, 1.82) is 0 Å². The molecule has 2 aromatic heterocycles. The average Bonchev–Trinajstić information content (AvgIpc) is 3.16. The average molecular weight is 370 g/mol. The normalized spacial score (nSPS) is 13.8. The zero-order chi connectivity index (χ0) is 17.1. The van der Waals surface area contributed by atoms with Crippen LogP contribution in [0, 0.1) is 0 Å². The van der Waals surface area contributed by atoms with E-state index in [0.717, 1.165) is 35.8 Å². The summed E-state index contributed by atoms with van der Waals surface area (Å²) in [4.78, 5) is 22.4. The summed E-state index contributed by atoms with van der Waals surface area (Å²) in [5, 5.41) is 4.97. The number of hydrogen-bond acceptors (Lipinski definition) is 4. The number of carbonyl (C=O) groups is 1. The number of amides is 1. The van der Waals surface area contributed by atoms with Crippen LogP contribution in [0.4, 0.5) is 0 Å². The van der Waals surface area contributed by atoms with Gasteiger partial charge in [0.15, 0.2) is 5.16 Å². The van der Waals surface area contributed by atoms with Gasteiger partial charge in [-0.05, 0) is 40.8 Å². The highest BCUT2D eigenvalue weighted by Crippen LogP contribution is 2.30. The summed E-state index contributed by atoms with van der Waals surface area (Å²) in [7, 11) is 0. The third-order valence-corrected chi connectivity index (χ3v) is 5.81. The van der Waals surface area contributed by atoms with Gasteiger partial charge < -0.3 is 9.88 Å². The predicted octanol–water partition coefficient (Wildman–Crippen LogP) is 4.42. The van der Waals surface area contributed by atoms with Gasteiger partial charge in [-0.2, -0.15) is 11.3 Å². The van der Waals surface area contributed by atoms with Gasteiger partial charge in [-0.15, -0.1) is 0 Å². The molecule has 0 aliphatic heterocycles. The maximum Gasteiger partial charge on any atom is 0.233 e. The molecule has 0 bridgehead atoms. The summed E-state index contributed by atoms with van der Waals surface area (Å²) >= 11 is 3.15. The van der Waals surface area contributed by atoms with E-state index in [9.17, 15) is 4.79 Å². The van der Waals surface area contributed by atoms with Crippen LogP contribution in [0.25, 0.3) is 11.3 Å². The van der Waals surface area contributed by atoms with E-state index in [1.54, 1.807) is 11.3 Å². The summed E-state index contributed by atoms with van der Waals surface area (Å²) in [5.74, 6) is 0.610. The number of thiophene rings is 1. The molecule has 6 heteroatoms. The van der Waals surface area contributed by atoms with Crippen LogP contribution >= 0.6 is 23.1 Å². The fourth-order valence-electron chi connectivity index (χ4n) is 2.74. The van der Waals surface area contributed by atoms with Gasteiger partial charge in [0.25, 0.3) is 0 Å². The number of rotatable bonds is 7. The van der Waals surface area contributed by atoms with Crippen LogP contribution in [0.3, 0.4) is 0 Å². The van der Waals surface area contributed by atoms with Crippen LogP contribution < -0.4 is 0 Å². The van der Waals surface area contributed by atoms with Gasteiger partial charge in [0.2, 0.25) is 5.91 Å². The highest BCUT2D eigenvalue weighted by atomic mass is 32.2. The number of benzene rings is 1. The van der Waals surface area contributed by atoms with Crippen molar-refractivity contribution in [2.24, 2.45) is 0 Å². The molecule has 1 amide bonds. The molecule has 0 unspecified atom stereocenters. The molecule has 0 saturated heterocycles. The minimum Gasteiger partial charge on any atom is -0.335 e. The molecular weight excluding hydrogens is 350 g/mol. The Morgan fingerprint density at radius 2 is 2.12 bits per heavy atom. The fourth-order valence-corrected chi connectivity index (χ4v) is 4.14. The minimum absolute atomic E-state index is 0.191. The van der Waals surface area contributed by atoms with Gasteiger partial charge in [0.05, 0.1) is 17.6 Å². The van der Waals surface area contributed by atoms with E-state index in [-0.39, 0.29) is 5.91 Å². The molecule has 0 radical (unpaired) electrons. The van der Waals surface area contributed by atoms with Crippen molar-refractivity contribution in [3.05, 3.63) is 58.9 Å². The number of nitrogens with zero attached hydrogens (tertiary/aromatic N) is 2. The Labute approximate surface area is 155 Å². The Bertz CT molecular complexity index is 825. The zero-order valence-electron chi connectivity index (χ0n) is 13.7. The van der Waals surface area contributed by atoms with Crippen LogP contribution in [-0.2, 0) is 11.3 Å². The van der Waals surface area contributed by atoms with E-state index in [1.807, 2.05) is 41.4 Å². The number of nitrogens with one attached hydrogen (secondary N) is 1. The van der Waals surface area contributed by atoms with E-state index in [1.165, 1.54) is 17.3 Å². The summed E-state index contributed by atoms with van der Waals surface area (Å²) in [6.45, 7) is 0.723. The van der Waals surface area contributed by atoms with Crippen LogP contribution in [-0.4, -0.2) is 32.6 Å². The zero-order valence-corrected chi connectivity index (χ0v) is 15.4. The molecule has 1 aliphatic carbocycles. The van der Waals surface area contributed by atoms with E-state index < -0.39 is 0 Å². The Hall–Kier alpha value is -2.05. The van der Waals surface area contributed by atoms with E-state index in [2.05, 4.69) is 26.8 Å². The summed E-state index contributed by atoms with van der Waals surface area (Å²) in [6.07, 6.45) is 4.07. The van der Waals surface area contributed by atoms with E-state index in [4.69, 9.17) is 0 Å². The summed E-state index contributed by atoms with van der Waals surface area (Å²) < 4.78 is 0. The summed E-state index contributed by atoms with van der Waals surface area (Å²) in [6, 6.07) is 12.6. The van der Waals surface area contributed by atoms with Crippen molar-refractivity contribution in [2.45, 2.75) is 30.6 Å². The SMILES string of the molecule is O=C(CSc1ncc(-c2ccccc2)[nH]1)N(Cc1ccsc1)C1CC1. The molecule has 2 heterocycles. The fraction of sp³-hybridized carbons (Fsp3) is 0.263. The maximum absolute atomic E-state index is 12.7. The predicted molar refractivity (Wildman–Crippen MR) is 103 cm³/mol. The first-order valence-electron chi connectivity index (χ1n) is 8.33. The molecule has 0 atom stereocenters.